The number of hydrogen-bond donors (Lipinski definition) is 1. The number of amidine groups is 2. The summed E-state index contributed by atoms with van der Waals surface area (Å²) in [6.45, 7) is 0. The van der Waals surface area contributed by atoms with E-state index in [1.165, 1.54) is 33.0 Å². The zero-order chi connectivity index (χ0) is 32.6. The molecule has 1 N–H and O–H groups in total. The lowest BCUT2D eigenvalue weighted by atomic mass is 9.98. The molecule has 4 heteroatoms. The third kappa shape index (κ3) is 5.30. The Morgan fingerprint density at radius 1 is 0.367 bits per heavy atom. The molecular formula is C45H32N4. The fourth-order valence-electron chi connectivity index (χ4n) is 6.89. The van der Waals surface area contributed by atoms with Gasteiger partial charge in [-0.15, -0.1) is 0 Å². The minimum atomic E-state index is -0.535. The molecule has 0 bridgehead atoms. The van der Waals surface area contributed by atoms with Crippen LogP contribution in [-0.4, -0.2) is 16.2 Å². The number of nitrogens with one attached hydrogen (secondary N) is 1. The molecule has 7 aromatic carbocycles. The van der Waals surface area contributed by atoms with Gasteiger partial charge in [0.2, 0.25) is 6.29 Å². The van der Waals surface area contributed by atoms with Gasteiger partial charge in [-0.1, -0.05) is 176 Å². The van der Waals surface area contributed by atoms with Crippen molar-refractivity contribution in [1.82, 2.24) is 9.88 Å². The lowest BCUT2D eigenvalue weighted by molar-refractivity contribution is 0.575. The van der Waals surface area contributed by atoms with E-state index in [1.54, 1.807) is 0 Å². The van der Waals surface area contributed by atoms with Crippen molar-refractivity contribution in [3.8, 4) is 33.4 Å². The second kappa shape index (κ2) is 12.3. The number of nitrogens with zero attached hydrogens (tertiary/aromatic N) is 3. The van der Waals surface area contributed by atoms with E-state index >= 15 is 0 Å². The molecule has 1 unspecified atom stereocenters. The van der Waals surface area contributed by atoms with Gasteiger partial charge in [-0.2, -0.15) is 0 Å². The Balaban J connectivity index is 1.22. The van der Waals surface area contributed by atoms with Crippen LogP contribution in [0.5, 0.6) is 0 Å². The van der Waals surface area contributed by atoms with E-state index in [2.05, 4.69) is 168 Å². The van der Waals surface area contributed by atoms with Crippen LogP contribution in [0.25, 0.3) is 55.2 Å². The highest BCUT2D eigenvalue weighted by atomic mass is 15.3. The summed E-state index contributed by atoms with van der Waals surface area (Å²) in [5.41, 5.74) is 11.3. The van der Waals surface area contributed by atoms with Gasteiger partial charge in [0.15, 0.2) is 0 Å². The van der Waals surface area contributed by atoms with E-state index in [0.717, 1.165) is 45.0 Å². The van der Waals surface area contributed by atoms with Crippen molar-refractivity contribution in [1.29, 1.82) is 0 Å². The van der Waals surface area contributed by atoms with Gasteiger partial charge in [0.25, 0.3) is 0 Å². The monoisotopic (exact) mass is 628 g/mol. The number of aromatic nitrogens is 1. The normalized spacial score (nSPS) is 14.3. The van der Waals surface area contributed by atoms with E-state index in [4.69, 9.17) is 9.98 Å². The number of hydrogen-bond acceptors (Lipinski definition) is 3. The summed E-state index contributed by atoms with van der Waals surface area (Å²) in [7, 11) is 0. The second-order valence-corrected chi connectivity index (χ2v) is 12.3. The van der Waals surface area contributed by atoms with Gasteiger partial charge in [0, 0.05) is 27.5 Å². The molecule has 1 aromatic heterocycles. The second-order valence-electron chi connectivity index (χ2n) is 12.3. The molecule has 0 amide bonds. The fraction of sp³-hybridized carbons (Fsp3) is 0.0222. The van der Waals surface area contributed by atoms with Crippen molar-refractivity contribution in [2.45, 2.75) is 6.29 Å². The molecule has 0 saturated heterocycles. The molecule has 1 aliphatic heterocycles. The molecule has 0 fully saturated rings. The lowest BCUT2D eigenvalue weighted by Crippen LogP contribution is -2.36. The SMILES string of the molecule is c1ccc(C2=NC(n3c4ccccc4c4cccc(-c5ccc(-c6ccccc6)cc5)c43)N=C(c3ccc(-c4ccccc4)cc3)N2)cc1. The summed E-state index contributed by atoms with van der Waals surface area (Å²) in [6.07, 6.45) is -0.535. The van der Waals surface area contributed by atoms with Crippen LogP contribution in [0.1, 0.15) is 17.4 Å². The molecule has 49 heavy (non-hydrogen) atoms. The highest BCUT2D eigenvalue weighted by Gasteiger charge is 2.25. The van der Waals surface area contributed by atoms with Gasteiger partial charge >= 0.3 is 0 Å². The Bertz CT molecular complexity index is 2480. The predicted octanol–water partition coefficient (Wildman–Crippen LogP) is 10.7. The standard InChI is InChI=1S/C45H32N4/c1-4-13-31(14-5-1)33-23-27-35(28-24-33)38-20-12-21-40-39-19-10-11-22-41(39)49(42(38)40)45-47-43(36-17-8-3-9-18-36)46-44(48-45)37-29-25-34(26-30-37)32-15-6-2-7-16-32/h1-30,45H,(H,46,47,48). The summed E-state index contributed by atoms with van der Waals surface area (Å²) in [6, 6.07) is 63.9. The molecule has 0 saturated carbocycles. The van der Waals surface area contributed by atoms with Gasteiger partial charge in [-0.05, 0) is 33.9 Å². The molecule has 0 radical (unpaired) electrons. The molecule has 4 nitrogen and oxygen atoms in total. The third-order valence-corrected chi connectivity index (χ3v) is 9.30. The molecule has 1 atom stereocenters. The van der Waals surface area contributed by atoms with Crippen LogP contribution in [-0.2, 0) is 0 Å². The average molecular weight is 629 g/mol. The third-order valence-electron chi connectivity index (χ3n) is 9.30. The predicted molar refractivity (Wildman–Crippen MR) is 204 cm³/mol. The molecule has 0 spiro atoms. The molecule has 0 aliphatic carbocycles. The largest absolute Gasteiger partial charge is 0.324 e. The topological polar surface area (TPSA) is 41.7 Å². The molecule has 8 aromatic rings. The van der Waals surface area contributed by atoms with Crippen molar-refractivity contribution in [2.24, 2.45) is 9.98 Å². The zero-order valence-corrected chi connectivity index (χ0v) is 26.7. The Kier molecular flexibility index (Phi) is 7.17. The van der Waals surface area contributed by atoms with Crippen LogP contribution in [0.4, 0.5) is 0 Å². The number of aliphatic imine (C=N–C) groups is 2. The first kappa shape index (κ1) is 28.7. The number of benzene rings is 7. The summed E-state index contributed by atoms with van der Waals surface area (Å²) in [4.78, 5) is 10.6. The fourth-order valence-corrected chi connectivity index (χ4v) is 6.89. The van der Waals surface area contributed by atoms with Crippen molar-refractivity contribution >= 4 is 33.5 Å². The zero-order valence-electron chi connectivity index (χ0n) is 26.7. The minimum absolute atomic E-state index is 0.535. The van der Waals surface area contributed by atoms with E-state index in [9.17, 15) is 0 Å². The summed E-state index contributed by atoms with van der Waals surface area (Å²) in [5.74, 6) is 1.58. The van der Waals surface area contributed by atoms with E-state index in [1.807, 2.05) is 24.3 Å². The first-order valence-corrected chi connectivity index (χ1v) is 16.6. The molecular weight excluding hydrogens is 597 g/mol. The molecule has 232 valence electrons. The maximum atomic E-state index is 5.34. The van der Waals surface area contributed by atoms with Crippen LogP contribution in [0.15, 0.2) is 192 Å². The van der Waals surface area contributed by atoms with Crippen LogP contribution in [0.2, 0.25) is 0 Å². The maximum Gasteiger partial charge on any atom is 0.225 e. The maximum absolute atomic E-state index is 5.34. The highest BCUT2D eigenvalue weighted by Crippen LogP contribution is 2.40. The first-order chi connectivity index (χ1) is 24.3. The number of rotatable bonds is 6. The van der Waals surface area contributed by atoms with Gasteiger partial charge in [0.05, 0.1) is 11.0 Å². The van der Waals surface area contributed by atoms with E-state index in [0.29, 0.717) is 0 Å². The van der Waals surface area contributed by atoms with Crippen molar-refractivity contribution in [3.63, 3.8) is 0 Å². The van der Waals surface area contributed by atoms with E-state index < -0.39 is 6.29 Å². The van der Waals surface area contributed by atoms with Gasteiger partial charge < -0.3 is 5.32 Å². The van der Waals surface area contributed by atoms with Crippen LogP contribution < -0.4 is 5.32 Å². The van der Waals surface area contributed by atoms with Crippen LogP contribution >= 0.6 is 0 Å². The Labute approximate surface area is 285 Å². The summed E-state index contributed by atoms with van der Waals surface area (Å²) >= 11 is 0. The van der Waals surface area contributed by atoms with Crippen LogP contribution in [0, 0.1) is 0 Å². The average Bonchev–Trinajstić information content (AvgIpc) is 3.54. The van der Waals surface area contributed by atoms with Crippen molar-refractivity contribution < 1.29 is 0 Å². The van der Waals surface area contributed by atoms with Crippen molar-refractivity contribution in [2.75, 3.05) is 0 Å². The highest BCUT2D eigenvalue weighted by molar-refractivity contribution is 6.17. The molecule has 9 rings (SSSR count). The Hall–Kier alpha value is -6.52. The Morgan fingerprint density at radius 3 is 1.39 bits per heavy atom. The van der Waals surface area contributed by atoms with Gasteiger partial charge in [-0.3, -0.25) is 4.57 Å². The molecule has 1 aliphatic rings. The van der Waals surface area contributed by atoms with Crippen LogP contribution in [0.3, 0.4) is 0 Å². The summed E-state index contributed by atoms with van der Waals surface area (Å²) in [5, 5.41) is 5.95. The van der Waals surface area contributed by atoms with E-state index in [-0.39, 0.29) is 0 Å². The number of fused-ring (bicyclic) bond motifs is 3. The quantitative estimate of drug-likeness (QED) is 0.196. The lowest BCUT2D eigenvalue weighted by Gasteiger charge is -2.24. The summed E-state index contributed by atoms with van der Waals surface area (Å²) < 4.78 is 2.31. The molecule has 2 heterocycles. The first-order valence-electron chi connectivity index (χ1n) is 16.6. The van der Waals surface area contributed by atoms with Gasteiger partial charge in [0.1, 0.15) is 11.7 Å². The minimum Gasteiger partial charge on any atom is -0.324 e. The smallest absolute Gasteiger partial charge is 0.225 e. The number of para-hydroxylation sites is 2. The Morgan fingerprint density at radius 2 is 0.796 bits per heavy atom. The van der Waals surface area contributed by atoms with Gasteiger partial charge in [-0.25, -0.2) is 9.98 Å². The van der Waals surface area contributed by atoms with Crippen molar-refractivity contribution in [3.05, 3.63) is 193 Å².